The zero-order valence-corrected chi connectivity index (χ0v) is 19.7. The Bertz CT molecular complexity index is 1660. The Morgan fingerprint density at radius 2 is 1.61 bits per heavy atom. The van der Waals surface area contributed by atoms with Gasteiger partial charge in [-0.05, 0) is 53.6 Å². The van der Waals surface area contributed by atoms with Crippen molar-refractivity contribution in [3.63, 3.8) is 0 Å². The van der Waals surface area contributed by atoms with Crippen molar-refractivity contribution in [1.82, 2.24) is 4.98 Å². The summed E-state index contributed by atoms with van der Waals surface area (Å²) in [5.41, 5.74) is 5.23. The van der Waals surface area contributed by atoms with Crippen LogP contribution in [0.2, 0.25) is 0 Å². The van der Waals surface area contributed by atoms with E-state index in [1.54, 1.807) is 19.1 Å². The smallest absolute Gasteiger partial charge is 0.337 e. The van der Waals surface area contributed by atoms with Crippen molar-refractivity contribution in [3.8, 4) is 0 Å². The first-order valence-electron chi connectivity index (χ1n) is 12.0. The Labute approximate surface area is 208 Å². The first kappa shape index (κ1) is 22.0. The quantitative estimate of drug-likeness (QED) is 0.283. The second kappa shape index (κ2) is 8.93. The summed E-state index contributed by atoms with van der Waals surface area (Å²) in [6.45, 7) is 2.03. The molecule has 6 rings (SSSR count). The molecule has 176 valence electrons. The number of carbonyl (C=O) groups excluding carboxylic acids is 1. The van der Waals surface area contributed by atoms with Gasteiger partial charge in [-0.25, -0.2) is 14.2 Å². The number of nitrogens with zero attached hydrogens (tertiary/aromatic N) is 1. The summed E-state index contributed by atoms with van der Waals surface area (Å²) in [5.74, 6) is -0.762. The van der Waals surface area contributed by atoms with Crippen molar-refractivity contribution in [2.75, 3.05) is 11.9 Å². The van der Waals surface area contributed by atoms with Crippen LogP contribution in [0.3, 0.4) is 0 Å². The monoisotopic (exact) mass is 474 g/mol. The number of hydrogen-bond acceptors (Lipinski definition) is 4. The summed E-state index contributed by atoms with van der Waals surface area (Å²) >= 11 is 0. The van der Waals surface area contributed by atoms with Crippen molar-refractivity contribution in [2.45, 2.75) is 13.0 Å². The van der Waals surface area contributed by atoms with Crippen LogP contribution in [0.1, 0.15) is 29.8 Å². The predicted molar refractivity (Wildman–Crippen MR) is 141 cm³/mol. The average molecular weight is 475 g/mol. The number of fused-ring (bicyclic) bond motifs is 4. The zero-order valence-electron chi connectivity index (χ0n) is 19.7. The lowest BCUT2D eigenvalue weighted by atomic mass is 9.82. The maximum atomic E-state index is 13.8. The summed E-state index contributed by atoms with van der Waals surface area (Å²) in [6.07, 6.45) is 0. The fourth-order valence-electron chi connectivity index (χ4n) is 4.97. The molecule has 0 spiro atoms. The van der Waals surface area contributed by atoms with Crippen LogP contribution in [-0.4, -0.2) is 17.6 Å². The second-order valence-electron chi connectivity index (χ2n) is 8.74. The highest BCUT2D eigenvalue weighted by Crippen LogP contribution is 2.46. The molecule has 1 unspecified atom stereocenters. The van der Waals surface area contributed by atoms with Gasteiger partial charge in [-0.2, -0.15) is 0 Å². The molecule has 2 heterocycles. The molecule has 0 radical (unpaired) electrons. The van der Waals surface area contributed by atoms with Crippen LogP contribution >= 0.6 is 0 Å². The van der Waals surface area contributed by atoms with Crippen LogP contribution in [0.5, 0.6) is 0 Å². The van der Waals surface area contributed by atoms with Gasteiger partial charge in [-0.15, -0.1) is 0 Å². The number of anilines is 1. The molecule has 0 saturated carbocycles. The number of halogens is 1. The highest BCUT2D eigenvalue weighted by molar-refractivity contribution is 6.12. The van der Waals surface area contributed by atoms with Crippen LogP contribution in [0, 0.1) is 5.82 Å². The van der Waals surface area contributed by atoms with Gasteiger partial charge in [0.05, 0.1) is 29.4 Å². The number of aromatic nitrogens is 1. The third-order valence-corrected chi connectivity index (χ3v) is 6.59. The summed E-state index contributed by atoms with van der Waals surface area (Å²) in [5, 5.41) is 6.62. The van der Waals surface area contributed by atoms with Gasteiger partial charge in [0.1, 0.15) is 5.82 Å². The van der Waals surface area contributed by atoms with Crippen LogP contribution < -0.4 is 5.32 Å². The molecule has 36 heavy (non-hydrogen) atoms. The van der Waals surface area contributed by atoms with Crippen molar-refractivity contribution in [1.29, 1.82) is 0 Å². The van der Waals surface area contributed by atoms with E-state index >= 15 is 0 Å². The van der Waals surface area contributed by atoms with Crippen molar-refractivity contribution in [3.05, 3.63) is 125 Å². The number of para-hydroxylation sites is 1. The number of esters is 1. The largest absolute Gasteiger partial charge is 0.463 e. The van der Waals surface area contributed by atoms with Crippen LogP contribution in [0.15, 0.2) is 103 Å². The first-order valence-corrected chi connectivity index (χ1v) is 12.0. The molecule has 1 aromatic heterocycles. The lowest BCUT2D eigenvalue weighted by Gasteiger charge is -2.32. The van der Waals surface area contributed by atoms with E-state index in [2.05, 4.69) is 23.5 Å². The number of nitrogens with one attached hydrogen (secondary N) is 1. The summed E-state index contributed by atoms with van der Waals surface area (Å²) < 4.78 is 19.4. The van der Waals surface area contributed by atoms with Gasteiger partial charge in [0.15, 0.2) is 0 Å². The molecule has 1 aliphatic rings. The van der Waals surface area contributed by atoms with E-state index in [4.69, 9.17) is 9.72 Å². The maximum Gasteiger partial charge on any atom is 0.337 e. The Balaban J connectivity index is 1.71. The SMILES string of the molecule is CCOC(=O)C1=C(c2ccc3ccccc3n2)c2c(ccc3ccccc23)NC1c1ccc(F)cc1. The lowest BCUT2D eigenvalue weighted by Crippen LogP contribution is -2.27. The molecule has 0 amide bonds. The Morgan fingerprint density at radius 3 is 2.42 bits per heavy atom. The number of ether oxygens (including phenoxy) is 1. The number of benzene rings is 4. The Hall–Kier alpha value is -4.51. The molecule has 4 nitrogen and oxygen atoms in total. The molecule has 1 atom stereocenters. The summed E-state index contributed by atoms with van der Waals surface area (Å²) in [6, 6.07) is 29.7. The average Bonchev–Trinajstić information content (AvgIpc) is 2.92. The third-order valence-electron chi connectivity index (χ3n) is 6.59. The lowest BCUT2D eigenvalue weighted by molar-refractivity contribution is -0.138. The van der Waals surface area contributed by atoms with Crippen molar-refractivity contribution in [2.24, 2.45) is 0 Å². The van der Waals surface area contributed by atoms with Crippen molar-refractivity contribution < 1.29 is 13.9 Å². The third kappa shape index (κ3) is 3.69. The molecule has 1 N–H and O–H groups in total. The normalized spacial score (nSPS) is 15.0. The number of rotatable bonds is 4. The Kier molecular flexibility index (Phi) is 5.45. The molecule has 0 aliphatic carbocycles. The fraction of sp³-hybridized carbons (Fsp3) is 0.0968. The molecule has 4 aromatic carbocycles. The van der Waals surface area contributed by atoms with E-state index in [9.17, 15) is 9.18 Å². The molecule has 0 fully saturated rings. The van der Waals surface area contributed by atoms with Crippen LogP contribution in [0.4, 0.5) is 10.1 Å². The van der Waals surface area contributed by atoms with Crippen LogP contribution in [0.25, 0.3) is 27.2 Å². The highest BCUT2D eigenvalue weighted by Gasteiger charge is 2.35. The number of carbonyl (C=O) groups is 1. The molecular formula is C31H23FN2O2. The minimum absolute atomic E-state index is 0.235. The van der Waals surface area contributed by atoms with E-state index in [-0.39, 0.29) is 12.4 Å². The Morgan fingerprint density at radius 1 is 0.889 bits per heavy atom. The summed E-state index contributed by atoms with van der Waals surface area (Å²) in [7, 11) is 0. The second-order valence-corrected chi connectivity index (χ2v) is 8.74. The van der Waals surface area contributed by atoms with Gasteiger partial charge in [-0.1, -0.05) is 66.7 Å². The molecule has 5 aromatic rings. The van der Waals surface area contributed by atoms with E-state index in [0.717, 1.165) is 44.1 Å². The molecular weight excluding hydrogens is 451 g/mol. The molecule has 5 heteroatoms. The fourth-order valence-corrected chi connectivity index (χ4v) is 4.97. The highest BCUT2D eigenvalue weighted by atomic mass is 19.1. The minimum Gasteiger partial charge on any atom is -0.463 e. The van der Waals surface area contributed by atoms with E-state index in [1.165, 1.54) is 12.1 Å². The molecule has 0 bridgehead atoms. The first-order chi connectivity index (χ1) is 17.6. The topological polar surface area (TPSA) is 51.2 Å². The standard InChI is InChI=1S/C31H23FN2O2/c1-2-36-31(35)29-28(26-18-14-20-8-4-6-10-24(20)33-26)27-23-9-5-3-7-19(23)13-17-25(27)34-30(29)21-11-15-22(32)16-12-21/h3-18,30,34H,2H2,1H3. The zero-order chi connectivity index (χ0) is 24.6. The van der Waals surface area contributed by atoms with Gasteiger partial charge >= 0.3 is 5.97 Å². The van der Waals surface area contributed by atoms with Crippen LogP contribution in [-0.2, 0) is 9.53 Å². The molecule has 0 saturated heterocycles. The van der Waals surface area contributed by atoms with E-state index in [0.29, 0.717) is 11.3 Å². The molecule has 1 aliphatic heterocycles. The summed E-state index contributed by atoms with van der Waals surface area (Å²) in [4.78, 5) is 18.6. The maximum absolute atomic E-state index is 13.8. The number of pyridine rings is 1. The van der Waals surface area contributed by atoms with Gasteiger partial charge in [0.2, 0.25) is 0 Å². The van der Waals surface area contributed by atoms with E-state index in [1.807, 2.05) is 54.6 Å². The van der Waals surface area contributed by atoms with E-state index < -0.39 is 12.0 Å². The van der Waals surface area contributed by atoms with Gasteiger partial charge in [0.25, 0.3) is 0 Å². The number of hydrogen-bond donors (Lipinski definition) is 1. The van der Waals surface area contributed by atoms with Gasteiger partial charge in [0, 0.05) is 22.2 Å². The minimum atomic E-state index is -0.540. The van der Waals surface area contributed by atoms with Gasteiger partial charge < -0.3 is 10.1 Å². The predicted octanol–water partition coefficient (Wildman–Crippen LogP) is 7.06. The van der Waals surface area contributed by atoms with Gasteiger partial charge in [-0.3, -0.25) is 0 Å². The van der Waals surface area contributed by atoms with Crippen molar-refractivity contribution >= 4 is 38.9 Å².